The third-order valence-electron chi connectivity index (χ3n) is 3.76. The molecule has 2 heterocycles. The lowest BCUT2D eigenvalue weighted by Gasteiger charge is -2.20. The highest BCUT2D eigenvalue weighted by atomic mass is 35.5. The minimum atomic E-state index is -0.529. The first-order valence-electron chi connectivity index (χ1n) is 7.42. The quantitative estimate of drug-likeness (QED) is 0.616. The summed E-state index contributed by atoms with van der Waals surface area (Å²) in [5.41, 5.74) is 3.09. The third-order valence-corrected chi connectivity index (χ3v) is 4.86. The van der Waals surface area contributed by atoms with Crippen LogP contribution in [0.2, 0.25) is 10.0 Å². The maximum absolute atomic E-state index is 6.37. The minimum absolute atomic E-state index is 0.410. The van der Waals surface area contributed by atoms with Gasteiger partial charge in [-0.3, -0.25) is 0 Å². The van der Waals surface area contributed by atoms with E-state index in [-0.39, 0.29) is 0 Å². The smallest absolute Gasteiger partial charge is 0.247 e. The molecule has 0 saturated carbocycles. The van der Waals surface area contributed by atoms with Crippen molar-refractivity contribution in [3.8, 4) is 17.1 Å². The Morgan fingerprint density at radius 2 is 1.96 bits per heavy atom. The lowest BCUT2D eigenvalue weighted by Crippen LogP contribution is -2.17. The number of nitrogens with one attached hydrogen (secondary N) is 1. The maximum Gasteiger partial charge on any atom is 0.247 e. The standard InChI is InChI=1S/C17H12Cl2N4OS/c1-25-17-21-16-14(22-23-17)11-4-2-3-5-13(11)20-15(24-16)10-7-6-9(18)8-12(10)19/h2-8,15,20H,1H3/t15-/m1/s1. The number of halogens is 2. The van der Waals surface area contributed by atoms with Gasteiger partial charge in [-0.2, -0.15) is 4.98 Å². The molecule has 1 N–H and O–H groups in total. The SMILES string of the molecule is CSc1nnc2c(n1)O[C@H](c1ccc(Cl)cc1Cl)Nc1ccccc1-2. The zero-order valence-electron chi connectivity index (χ0n) is 13.0. The Morgan fingerprint density at radius 1 is 1.12 bits per heavy atom. The van der Waals surface area contributed by atoms with E-state index >= 15 is 0 Å². The monoisotopic (exact) mass is 390 g/mol. The van der Waals surface area contributed by atoms with Gasteiger partial charge in [0.15, 0.2) is 11.9 Å². The van der Waals surface area contributed by atoms with E-state index in [9.17, 15) is 0 Å². The van der Waals surface area contributed by atoms with Crippen LogP contribution in [-0.4, -0.2) is 21.4 Å². The van der Waals surface area contributed by atoms with Crippen molar-refractivity contribution in [1.82, 2.24) is 15.2 Å². The van der Waals surface area contributed by atoms with Crippen molar-refractivity contribution in [2.45, 2.75) is 11.4 Å². The summed E-state index contributed by atoms with van der Waals surface area (Å²) in [5, 5.41) is 13.4. The molecule has 0 radical (unpaired) electrons. The van der Waals surface area contributed by atoms with Crippen LogP contribution in [0.1, 0.15) is 11.8 Å². The average Bonchev–Trinajstić information content (AvgIpc) is 2.77. The number of para-hydroxylation sites is 1. The molecule has 1 atom stereocenters. The molecular weight excluding hydrogens is 379 g/mol. The Bertz CT molecular complexity index is 954. The van der Waals surface area contributed by atoms with Crippen molar-refractivity contribution >= 4 is 40.7 Å². The minimum Gasteiger partial charge on any atom is -0.448 e. The fourth-order valence-electron chi connectivity index (χ4n) is 2.59. The van der Waals surface area contributed by atoms with E-state index in [1.807, 2.05) is 36.6 Å². The number of nitrogens with zero attached hydrogens (tertiary/aromatic N) is 3. The molecule has 0 unspecified atom stereocenters. The number of fused-ring (bicyclic) bond motifs is 3. The molecule has 0 saturated heterocycles. The Balaban J connectivity index is 1.87. The summed E-state index contributed by atoms with van der Waals surface area (Å²) in [5.74, 6) is 0.410. The number of rotatable bonds is 2. The number of hydrogen-bond acceptors (Lipinski definition) is 6. The number of aromatic nitrogens is 3. The molecule has 2 aromatic carbocycles. The summed E-state index contributed by atoms with van der Waals surface area (Å²) in [7, 11) is 0. The number of benzene rings is 2. The van der Waals surface area contributed by atoms with Gasteiger partial charge in [0.2, 0.25) is 11.0 Å². The van der Waals surface area contributed by atoms with Crippen LogP contribution in [0.5, 0.6) is 5.88 Å². The van der Waals surface area contributed by atoms with Crippen molar-refractivity contribution in [3.63, 3.8) is 0 Å². The molecule has 3 aromatic rings. The lowest BCUT2D eigenvalue weighted by molar-refractivity contribution is 0.225. The van der Waals surface area contributed by atoms with Gasteiger partial charge in [-0.1, -0.05) is 59.2 Å². The summed E-state index contributed by atoms with van der Waals surface area (Å²) in [6.45, 7) is 0. The number of hydrogen-bond donors (Lipinski definition) is 1. The van der Waals surface area contributed by atoms with Gasteiger partial charge >= 0.3 is 0 Å². The Morgan fingerprint density at radius 3 is 2.76 bits per heavy atom. The Hall–Kier alpha value is -2.02. The van der Waals surface area contributed by atoms with Crippen molar-refractivity contribution in [2.75, 3.05) is 11.6 Å². The summed E-state index contributed by atoms with van der Waals surface area (Å²) < 4.78 is 6.12. The van der Waals surface area contributed by atoms with E-state index in [1.54, 1.807) is 12.1 Å². The van der Waals surface area contributed by atoms with E-state index in [2.05, 4.69) is 20.5 Å². The normalized spacial score (nSPS) is 15.4. The molecule has 0 bridgehead atoms. The van der Waals surface area contributed by atoms with Crippen LogP contribution in [0.15, 0.2) is 47.6 Å². The number of anilines is 1. The van der Waals surface area contributed by atoms with Crippen LogP contribution < -0.4 is 10.1 Å². The van der Waals surface area contributed by atoms with Crippen molar-refractivity contribution < 1.29 is 4.74 Å². The highest BCUT2D eigenvalue weighted by Gasteiger charge is 2.27. The van der Waals surface area contributed by atoms with Gasteiger partial charge in [0.1, 0.15) is 0 Å². The first-order chi connectivity index (χ1) is 12.2. The van der Waals surface area contributed by atoms with Crippen molar-refractivity contribution in [3.05, 3.63) is 58.1 Å². The van der Waals surface area contributed by atoms with Gasteiger partial charge < -0.3 is 10.1 Å². The molecule has 8 heteroatoms. The van der Waals surface area contributed by atoms with Crippen LogP contribution in [-0.2, 0) is 0 Å². The highest BCUT2D eigenvalue weighted by molar-refractivity contribution is 7.98. The van der Waals surface area contributed by atoms with Crippen molar-refractivity contribution in [1.29, 1.82) is 0 Å². The molecular formula is C17H12Cl2N4OS. The van der Waals surface area contributed by atoms with Crippen LogP contribution >= 0.6 is 35.0 Å². The second kappa shape index (κ2) is 6.71. The average molecular weight is 391 g/mol. The fourth-order valence-corrected chi connectivity index (χ4v) is 3.39. The predicted octanol–water partition coefficient (Wildman–Crippen LogP) is 5.07. The summed E-state index contributed by atoms with van der Waals surface area (Å²) in [6.07, 6.45) is 1.36. The molecule has 25 heavy (non-hydrogen) atoms. The number of ether oxygens (including phenoxy) is 1. The second-order valence-corrected chi connectivity index (χ2v) is 6.92. The molecule has 0 fully saturated rings. The molecule has 1 aliphatic heterocycles. The van der Waals surface area contributed by atoms with E-state index in [0.717, 1.165) is 16.8 Å². The molecule has 5 nitrogen and oxygen atoms in total. The summed E-state index contributed by atoms with van der Waals surface area (Å²) >= 11 is 13.8. The maximum atomic E-state index is 6.37. The van der Waals surface area contributed by atoms with Crippen LogP contribution in [0, 0.1) is 0 Å². The van der Waals surface area contributed by atoms with Gasteiger partial charge in [-0.15, -0.1) is 10.2 Å². The Kier molecular flexibility index (Phi) is 4.41. The molecule has 0 amide bonds. The largest absolute Gasteiger partial charge is 0.448 e. The van der Waals surface area contributed by atoms with Crippen LogP contribution in [0.3, 0.4) is 0 Å². The van der Waals surface area contributed by atoms with E-state index in [0.29, 0.717) is 26.8 Å². The zero-order chi connectivity index (χ0) is 17.4. The molecule has 0 aliphatic carbocycles. The zero-order valence-corrected chi connectivity index (χ0v) is 15.4. The first-order valence-corrected chi connectivity index (χ1v) is 9.40. The summed E-state index contributed by atoms with van der Waals surface area (Å²) in [6, 6.07) is 13.1. The van der Waals surface area contributed by atoms with Gasteiger partial charge in [-0.25, -0.2) is 0 Å². The molecule has 1 aromatic heterocycles. The van der Waals surface area contributed by atoms with Crippen LogP contribution in [0.4, 0.5) is 5.69 Å². The summed E-state index contributed by atoms with van der Waals surface area (Å²) in [4.78, 5) is 4.47. The van der Waals surface area contributed by atoms with Gasteiger partial charge in [0.25, 0.3) is 0 Å². The van der Waals surface area contributed by atoms with E-state index in [4.69, 9.17) is 27.9 Å². The van der Waals surface area contributed by atoms with Gasteiger partial charge in [0.05, 0.1) is 5.02 Å². The van der Waals surface area contributed by atoms with Crippen LogP contribution in [0.25, 0.3) is 11.3 Å². The fraction of sp³-hybridized carbons (Fsp3) is 0.118. The number of thioether (sulfide) groups is 1. The second-order valence-electron chi connectivity index (χ2n) is 5.31. The lowest BCUT2D eigenvalue weighted by atomic mass is 10.1. The molecule has 126 valence electrons. The predicted molar refractivity (Wildman–Crippen MR) is 100 cm³/mol. The van der Waals surface area contributed by atoms with E-state index < -0.39 is 6.23 Å². The molecule has 4 rings (SSSR count). The van der Waals surface area contributed by atoms with Gasteiger partial charge in [0, 0.05) is 21.8 Å². The first kappa shape index (κ1) is 16.4. The third kappa shape index (κ3) is 3.13. The van der Waals surface area contributed by atoms with E-state index in [1.165, 1.54) is 11.8 Å². The van der Waals surface area contributed by atoms with Gasteiger partial charge in [-0.05, 0) is 24.5 Å². The van der Waals surface area contributed by atoms with Crippen molar-refractivity contribution in [2.24, 2.45) is 0 Å². The molecule has 0 spiro atoms. The molecule has 1 aliphatic rings. The highest BCUT2D eigenvalue weighted by Crippen LogP contribution is 2.40. The Labute approximate surface area is 158 Å². The topological polar surface area (TPSA) is 59.9 Å².